The van der Waals surface area contributed by atoms with Gasteiger partial charge in [0.05, 0.1) is 16.7 Å². The standard InChI is InChI=1S/C14H10BrFN2S/c1-8-2-3-9(15)6-13(8)18-12-5-4-10(16)7-11(12)17-14(18)19/h2-7H,1H3,(H,17,19). The number of rotatable bonds is 1. The van der Waals surface area contributed by atoms with E-state index in [9.17, 15) is 4.39 Å². The Morgan fingerprint density at radius 2 is 2.00 bits per heavy atom. The fourth-order valence-electron chi connectivity index (χ4n) is 2.15. The molecule has 0 bridgehead atoms. The van der Waals surface area contributed by atoms with Crippen molar-refractivity contribution in [1.82, 2.24) is 9.55 Å². The predicted octanol–water partition coefficient (Wildman–Crippen LogP) is 4.90. The highest BCUT2D eigenvalue weighted by atomic mass is 79.9. The number of fused-ring (bicyclic) bond motifs is 1. The van der Waals surface area contributed by atoms with Gasteiger partial charge in [-0.2, -0.15) is 0 Å². The molecule has 1 heterocycles. The number of benzene rings is 2. The first-order valence-electron chi connectivity index (χ1n) is 5.73. The Morgan fingerprint density at radius 3 is 2.79 bits per heavy atom. The van der Waals surface area contributed by atoms with Gasteiger partial charge in [0.2, 0.25) is 0 Å². The summed E-state index contributed by atoms with van der Waals surface area (Å²) in [5, 5.41) is 0. The summed E-state index contributed by atoms with van der Waals surface area (Å²) >= 11 is 8.82. The zero-order chi connectivity index (χ0) is 13.6. The number of aryl methyl sites for hydroxylation is 1. The van der Waals surface area contributed by atoms with Crippen molar-refractivity contribution in [1.29, 1.82) is 0 Å². The maximum Gasteiger partial charge on any atom is 0.182 e. The van der Waals surface area contributed by atoms with E-state index in [0.717, 1.165) is 21.2 Å². The van der Waals surface area contributed by atoms with Crippen LogP contribution in [0.3, 0.4) is 0 Å². The quantitative estimate of drug-likeness (QED) is 0.627. The van der Waals surface area contributed by atoms with Crippen LogP contribution in [0.25, 0.3) is 16.7 Å². The number of H-pyrrole nitrogens is 1. The molecule has 1 aromatic heterocycles. The second kappa shape index (κ2) is 4.58. The predicted molar refractivity (Wildman–Crippen MR) is 80.9 cm³/mol. The maximum absolute atomic E-state index is 13.3. The van der Waals surface area contributed by atoms with Crippen LogP contribution in [0.4, 0.5) is 4.39 Å². The molecular weight excluding hydrogens is 327 g/mol. The normalized spacial score (nSPS) is 11.1. The highest BCUT2D eigenvalue weighted by Gasteiger charge is 2.09. The second-order valence-electron chi connectivity index (χ2n) is 4.36. The Morgan fingerprint density at radius 1 is 1.21 bits per heavy atom. The molecule has 19 heavy (non-hydrogen) atoms. The van der Waals surface area contributed by atoms with Crippen LogP contribution in [0, 0.1) is 17.5 Å². The molecule has 0 fully saturated rings. The number of hydrogen-bond donors (Lipinski definition) is 1. The van der Waals surface area contributed by atoms with Crippen LogP contribution in [-0.4, -0.2) is 9.55 Å². The molecule has 0 saturated carbocycles. The third-order valence-electron chi connectivity index (χ3n) is 3.06. The van der Waals surface area contributed by atoms with Crippen molar-refractivity contribution in [3.05, 3.63) is 57.0 Å². The zero-order valence-electron chi connectivity index (χ0n) is 10.1. The Balaban J connectivity index is 2.39. The molecule has 3 aromatic rings. The van der Waals surface area contributed by atoms with Gasteiger partial charge in [-0.1, -0.05) is 22.0 Å². The molecule has 0 spiro atoms. The van der Waals surface area contributed by atoms with Gasteiger partial charge in [-0.3, -0.25) is 4.57 Å². The number of nitrogens with zero attached hydrogens (tertiary/aromatic N) is 1. The van der Waals surface area contributed by atoms with Gasteiger partial charge in [-0.25, -0.2) is 4.39 Å². The van der Waals surface area contributed by atoms with E-state index >= 15 is 0 Å². The number of halogens is 2. The van der Waals surface area contributed by atoms with E-state index in [4.69, 9.17) is 12.2 Å². The van der Waals surface area contributed by atoms with Gasteiger partial charge in [0.15, 0.2) is 4.77 Å². The van der Waals surface area contributed by atoms with Crippen LogP contribution in [0.1, 0.15) is 5.56 Å². The minimum absolute atomic E-state index is 0.276. The van der Waals surface area contributed by atoms with Crippen molar-refractivity contribution >= 4 is 39.2 Å². The SMILES string of the molecule is Cc1ccc(Br)cc1-n1c(=S)[nH]c2cc(F)ccc21. The summed E-state index contributed by atoms with van der Waals surface area (Å²) in [7, 11) is 0. The molecule has 0 aliphatic rings. The molecule has 5 heteroatoms. The molecule has 2 nitrogen and oxygen atoms in total. The second-order valence-corrected chi connectivity index (χ2v) is 5.66. The fraction of sp³-hybridized carbons (Fsp3) is 0.0714. The van der Waals surface area contributed by atoms with Gasteiger partial charge in [-0.15, -0.1) is 0 Å². The average molecular weight is 337 g/mol. The Hall–Kier alpha value is -1.46. The number of imidazole rings is 1. The molecule has 2 aromatic carbocycles. The first-order valence-corrected chi connectivity index (χ1v) is 6.93. The number of aromatic nitrogens is 2. The van der Waals surface area contributed by atoms with Gasteiger partial charge in [-0.05, 0) is 55.0 Å². The highest BCUT2D eigenvalue weighted by molar-refractivity contribution is 9.10. The average Bonchev–Trinajstić information content (AvgIpc) is 2.67. The molecule has 0 unspecified atom stereocenters. The van der Waals surface area contributed by atoms with Gasteiger partial charge < -0.3 is 4.98 Å². The highest BCUT2D eigenvalue weighted by Crippen LogP contribution is 2.25. The summed E-state index contributed by atoms with van der Waals surface area (Å²) in [5.74, 6) is -0.276. The van der Waals surface area contributed by atoms with E-state index in [0.29, 0.717) is 10.3 Å². The summed E-state index contributed by atoms with van der Waals surface area (Å²) in [6.45, 7) is 2.02. The van der Waals surface area contributed by atoms with E-state index < -0.39 is 0 Å². The Labute approximate surface area is 123 Å². The van der Waals surface area contributed by atoms with Crippen LogP contribution in [-0.2, 0) is 0 Å². The van der Waals surface area contributed by atoms with E-state index in [-0.39, 0.29) is 5.82 Å². The number of nitrogens with one attached hydrogen (secondary N) is 1. The Bertz CT molecular complexity index is 835. The van der Waals surface area contributed by atoms with E-state index in [1.807, 2.05) is 29.7 Å². The minimum atomic E-state index is -0.276. The summed E-state index contributed by atoms with van der Waals surface area (Å²) < 4.78 is 16.7. The first-order chi connectivity index (χ1) is 9.06. The third-order valence-corrected chi connectivity index (χ3v) is 3.83. The van der Waals surface area contributed by atoms with Crippen LogP contribution in [0.5, 0.6) is 0 Å². The monoisotopic (exact) mass is 336 g/mol. The lowest BCUT2D eigenvalue weighted by Gasteiger charge is -2.09. The van der Waals surface area contributed by atoms with Crippen LogP contribution in [0.2, 0.25) is 0 Å². The largest absolute Gasteiger partial charge is 0.330 e. The molecule has 0 saturated heterocycles. The molecule has 3 rings (SSSR count). The van der Waals surface area contributed by atoms with Crippen molar-refractivity contribution in [2.24, 2.45) is 0 Å². The summed E-state index contributed by atoms with van der Waals surface area (Å²) in [6, 6.07) is 10.6. The summed E-state index contributed by atoms with van der Waals surface area (Å²) in [4.78, 5) is 3.04. The van der Waals surface area contributed by atoms with Gasteiger partial charge in [0.25, 0.3) is 0 Å². The van der Waals surface area contributed by atoms with Gasteiger partial charge in [0.1, 0.15) is 5.82 Å². The first kappa shape index (κ1) is 12.6. The zero-order valence-corrected chi connectivity index (χ0v) is 12.5. The van der Waals surface area contributed by atoms with E-state index in [2.05, 4.69) is 20.9 Å². The van der Waals surface area contributed by atoms with Crippen LogP contribution in [0.15, 0.2) is 40.9 Å². The lowest BCUT2D eigenvalue weighted by molar-refractivity contribution is 0.629. The van der Waals surface area contributed by atoms with E-state index in [1.165, 1.54) is 12.1 Å². The fourth-order valence-corrected chi connectivity index (χ4v) is 2.80. The third kappa shape index (κ3) is 2.13. The summed E-state index contributed by atoms with van der Waals surface area (Å²) in [5.41, 5.74) is 3.65. The molecule has 0 aliphatic heterocycles. The molecule has 0 amide bonds. The van der Waals surface area contributed by atoms with Gasteiger partial charge in [0, 0.05) is 4.47 Å². The van der Waals surface area contributed by atoms with Crippen molar-refractivity contribution in [2.75, 3.05) is 0 Å². The van der Waals surface area contributed by atoms with Gasteiger partial charge >= 0.3 is 0 Å². The molecule has 0 radical (unpaired) electrons. The van der Waals surface area contributed by atoms with Crippen LogP contribution < -0.4 is 0 Å². The van der Waals surface area contributed by atoms with Crippen molar-refractivity contribution < 1.29 is 4.39 Å². The van der Waals surface area contributed by atoms with Crippen molar-refractivity contribution in [3.8, 4) is 5.69 Å². The van der Waals surface area contributed by atoms with Crippen molar-refractivity contribution in [3.63, 3.8) is 0 Å². The van der Waals surface area contributed by atoms with Crippen LogP contribution >= 0.6 is 28.1 Å². The minimum Gasteiger partial charge on any atom is -0.330 e. The number of aromatic amines is 1. The smallest absolute Gasteiger partial charge is 0.182 e. The molecule has 96 valence electrons. The number of hydrogen-bond acceptors (Lipinski definition) is 1. The Kier molecular flexibility index (Phi) is 3.03. The lowest BCUT2D eigenvalue weighted by atomic mass is 10.2. The maximum atomic E-state index is 13.3. The summed E-state index contributed by atoms with van der Waals surface area (Å²) in [6.07, 6.45) is 0. The molecule has 1 N–H and O–H groups in total. The van der Waals surface area contributed by atoms with E-state index in [1.54, 1.807) is 6.07 Å². The lowest BCUT2D eigenvalue weighted by Crippen LogP contribution is -1.97. The topological polar surface area (TPSA) is 20.7 Å². The molecular formula is C14H10BrFN2S. The van der Waals surface area contributed by atoms with Crippen molar-refractivity contribution in [2.45, 2.75) is 6.92 Å². The molecule has 0 atom stereocenters. The molecule has 0 aliphatic carbocycles.